The summed E-state index contributed by atoms with van der Waals surface area (Å²) in [5.74, 6) is 0. The molecule has 0 aliphatic rings. The number of benzene rings is 1. The smallest absolute Gasteiger partial charge is 0.114 e. The van der Waals surface area contributed by atoms with Crippen LogP contribution in [0.2, 0.25) is 0 Å². The highest BCUT2D eigenvalue weighted by molar-refractivity contribution is 7.14. The molecule has 4 heteroatoms. The molecule has 86 valence electrons. The summed E-state index contributed by atoms with van der Waals surface area (Å²) in [6, 6.07) is 4.35. The molecule has 0 amide bonds. The molecule has 0 unspecified atom stereocenters. The minimum atomic E-state index is 0.768. The molecule has 2 aromatic heterocycles. The molecule has 17 heavy (non-hydrogen) atoms. The van der Waals surface area contributed by atoms with Gasteiger partial charge in [0.2, 0.25) is 0 Å². The van der Waals surface area contributed by atoms with Crippen LogP contribution in [0.5, 0.6) is 0 Å². The van der Waals surface area contributed by atoms with E-state index >= 15 is 0 Å². The van der Waals surface area contributed by atoms with Gasteiger partial charge in [-0.3, -0.25) is 0 Å². The average Bonchev–Trinajstić information content (AvgIpc) is 2.86. The number of nitrogens with two attached hydrogens (primary N) is 1. The summed E-state index contributed by atoms with van der Waals surface area (Å²) in [4.78, 5) is 7.61. The fourth-order valence-corrected chi connectivity index (χ4v) is 2.59. The van der Waals surface area contributed by atoms with Crippen LogP contribution in [0.1, 0.15) is 11.1 Å². The number of nitrogens with zero attached hydrogens (tertiary/aromatic N) is 1. The van der Waals surface area contributed by atoms with E-state index in [1.54, 1.807) is 5.51 Å². The number of nitrogens with one attached hydrogen (secondary N) is 1. The van der Waals surface area contributed by atoms with E-state index in [9.17, 15) is 0 Å². The molecule has 0 saturated carbocycles. The topological polar surface area (TPSA) is 54.7 Å². The molecule has 2 heterocycles. The third-order valence-electron chi connectivity index (χ3n) is 3.15. The standard InChI is InChI=1S/C13H13N3S/c1-7-3-9-10(12-13(14)17-6-16-12)5-15-11(9)4-8(7)2/h3-6,15H,14H2,1-2H3. The van der Waals surface area contributed by atoms with Crippen LogP contribution in [-0.2, 0) is 0 Å². The Kier molecular flexibility index (Phi) is 2.19. The summed E-state index contributed by atoms with van der Waals surface area (Å²) in [6.45, 7) is 4.24. The molecule has 0 atom stereocenters. The van der Waals surface area contributed by atoms with Gasteiger partial charge in [0, 0.05) is 22.7 Å². The Labute approximate surface area is 103 Å². The van der Waals surface area contributed by atoms with Crippen LogP contribution < -0.4 is 5.73 Å². The van der Waals surface area contributed by atoms with Crippen molar-refractivity contribution in [3.63, 3.8) is 0 Å². The van der Waals surface area contributed by atoms with E-state index in [4.69, 9.17) is 5.73 Å². The van der Waals surface area contributed by atoms with Crippen LogP contribution >= 0.6 is 11.3 Å². The highest BCUT2D eigenvalue weighted by Gasteiger charge is 2.12. The van der Waals surface area contributed by atoms with Crippen molar-refractivity contribution in [1.29, 1.82) is 0 Å². The van der Waals surface area contributed by atoms with E-state index in [0.29, 0.717) is 0 Å². The summed E-state index contributed by atoms with van der Waals surface area (Å²) in [5.41, 5.74) is 13.4. The molecule has 0 spiro atoms. The molecule has 3 N–H and O–H groups in total. The van der Waals surface area contributed by atoms with Crippen molar-refractivity contribution in [2.45, 2.75) is 13.8 Å². The van der Waals surface area contributed by atoms with E-state index in [2.05, 4.69) is 35.9 Å². The lowest BCUT2D eigenvalue weighted by atomic mass is 10.0. The highest BCUT2D eigenvalue weighted by Crippen LogP contribution is 2.34. The number of aromatic nitrogens is 2. The minimum absolute atomic E-state index is 0.768. The second-order valence-electron chi connectivity index (χ2n) is 4.25. The predicted octanol–water partition coefficient (Wildman–Crippen LogP) is 3.49. The Morgan fingerprint density at radius 1 is 1.24 bits per heavy atom. The van der Waals surface area contributed by atoms with Crippen LogP contribution in [0, 0.1) is 13.8 Å². The fraction of sp³-hybridized carbons (Fsp3) is 0.154. The Bertz CT molecular complexity index is 694. The van der Waals surface area contributed by atoms with Crippen LogP contribution in [0.4, 0.5) is 5.00 Å². The molecule has 3 rings (SSSR count). The number of hydrogen-bond donors (Lipinski definition) is 2. The lowest BCUT2D eigenvalue weighted by molar-refractivity contribution is 1.35. The van der Waals surface area contributed by atoms with E-state index in [0.717, 1.165) is 21.8 Å². The molecule has 0 aliphatic heterocycles. The third kappa shape index (κ3) is 1.52. The van der Waals surface area contributed by atoms with E-state index in [1.165, 1.54) is 27.8 Å². The zero-order valence-electron chi connectivity index (χ0n) is 9.74. The average molecular weight is 243 g/mol. The summed E-state index contributed by atoms with van der Waals surface area (Å²) in [6.07, 6.45) is 1.98. The maximum absolute atomic E-state index is 5.93. The van der Waals surface area contributed by atoms with Crippen LogP contribution in [0.3, 0.4) is 0 Å². The number of aromatic amines is 1. The Balaban J connectivity index is 2.32. The van der Waals surface area contributed by atoms with Crippen molar-refractivity contribution in [3.05, 3.63) is 35.0 Å². The van der Waals surface area contributed by atoms with Gasteiger partial charge in [0.15, 0.2) is 0 Å². The summed E-state index contributed by atoms with van der Waals surface area (Å²) in [5, 5.41) is 1.95. The zero-order chi connectivity index (χ0) is 12.0. The molecule has 0 aliphatic carbocycles. The second-order valence-corrected chi connectivity index (χ2v) is 5.14. The van der Waals surface area contributed by atoms with E-state index in [-0.39, 0.29) is 0 Å². The van der Waals surface area contributed by atoms with Crippen LogP contribution in [0.15, 0.2) is 23.8 Å². The van der Waals surface area contributed by atoms with Gasteiger partial charge in [-0.25, -0.2) is 4.98 Å². The van der Waals surface area contributed by atoms with Crippen LogP contribution in [-0.4, -0.2) is 9.97 Å². The van der Waals surface area contributed by atoms with Crippen molar-refractivity contribution in [1.82, 2.24) is 9.97 Å². The zero-order valence-corrected chi connectivity index (χ0v) is 10.6. The molecule has 0 fully saturated rings. The summed E-state index contributed by atoms with van der Waals surface area (Å²) < 4.78 is 0. The summed E-state index contributed by atoms with van der Waals surface area (Å²) in [7, 11) is 0. The molecule has 0 bridgehead atoms. The maximum atomic E-state index is 5.93. The van der Waals surface area contributed by atoms with Crippen molar-refractivity contribution in [2.75, 3.05) is 5.73 Å². The van der Waals surface area contributed by atoms with Crippen molar-refractivity contribution in [3.8, 4) is 11.3 Å². The predicted molar refractivity (Wildman–Crippen MR) is 73.3 cm³/mol. The highest BCUT2D eigenvalue weighted by atomic mass is 32.1. The number of anilines is 1. The first-order valence-corrected chi connectivity index (χ1v) is 6.32. The Morgan fingerprint density at radius 2 is 2.00 bits per heavy atom. The van der Waals surface area contributed by atoms with Crippen molar-refractivity contribution in [2.24, 2.45) is 0 Å². The van der Waals surface area contributed by atoms with E-state index in [1.807, 2.05) is 6.20 Å². The second kappa shape index (κ2) is 3.60. The molecule has 3 nitrogen and oxygen atoms in total. The van der Waals surface area contributed by atoms with E-state index < -0.39 is 0 Å². The van der Waals surface area contributed by atoms with Gasteiger partial charge in [-0.1, -0.05) is 0 Å². The third-order valence-corrected chi connectivity index (χ3v) is 3.80. The lowest BCUT2D eigenvalue weighted by Crippen LogP contribution is -1.85. The SMILES string of the molecule is Cc1cc2[nH]cc(-c3ncsc3N)c2cc1C. The summed E-state index contributed by atoms with van der Waals surface area (Å²) >= 11 is 1.47. The largest absolute Gasteiger partial charge is 0.389 e. The molecule has 0 saturated heterocycles. The van der Waals surface area contributed by atoms with Crippen molar-refractivity contribution < 1.29 is 0 Å². The van der Waals surface area contributed by atoms with Gasteiger partial charge < -0.3 is 10.7 Å². The number of hydrogen-bond acceptors (Lipinski definition) is 3. The number of H-pyrrole nitrogens is 1. The Morgan fingerprint density at radius 3 is 2.71 bits per heavy atom. The Hall–Kier alpha value is -1.81. The van der Waals surface area contributed by atoms with Gasteiger partial charge in [0.25, 0.3) is 0 Å². The number of aryl methyl sites for hydroxylation is 2. The quantitative estimate of drug-likeness (QED) is 0.687. The first-order valence-electron chi connectivity index (χ1n) is 5.44. The van der Waals surface area contributed by atoms with Gasteiger partial charge in [-0.2, -0.15) is 0 Å². The first kappa shape index (κ1) is 10.4. The van der Waals surface area contributed by atoms with Gasteiger partial charge in [-0.15, -0.1) is 11.3 Å². The normalized spacial score (nSPS) is 11.2. The number of rotatable bonds is 1. The fourth-order valence-electron chi connectivity index (χ4n) is 2.04. The van der Waals surface area contributed by atoms with Gasteiger partial charge in [0.05, 0.1) is 5.51 Å². The van der Waals surface area contributed by atoms with Crippen molar-refractivity contribution >= 4 is 27.2 Å². The first-order chi connectivity index (χ1) is 8.16. The molecular weight excluding hydrogens is 230 g/mol. The van der Waals surface area contributed by atoms with Gasteiger partial charge >= 0.3 is 0 Å². The number of nitrogen functional groups attached to an aromatic ring is 1. The lowest BCUT2D eigenvalue weighted by Gasteiger charge is -2.01. The van der Waals surface area contributed by atoms with Gasteiger partial charge in [0.1, 0.15) is 10.7 Å². The minimum Gasteiger partial charge on any atom is -0.389 e. The number of thiazole rings is 1. The monoisotopic (exact) mass is 243 g/mol. The van der Waals surface area contributed by atoms with Crippen LogP contribution in [0.25, 0.3) is 22.2 Å². The van der Waals surface area contributed by atoms with Gasteiger partial charge in [-0.05, 0) is 37.1 Å². The molecule has 0 radical (unpaired) electrons. The molecule has 1 aromatic carbocycles. The maximum Gasteiger partial charge on any atom is 0.114 e. The molecular formula is C13H13N3S. The number of fused-ring (bicyclic) bond motifs is 1. The molecule has 3 aromatic rings.